The van der Waals surface area contributed by atoms with Gasteiger partial charge in [-0.2, -0.15) is 0 Å². The van der Waals surface area contributed by atoms with E-state index in [0.717, 1.165) is 5.56 Å². The number of rotatable bonds is 4. The van der Waals surface area contributed by atoms with Crippen LogP contribution in [0.4, 0.5) is 0 Å². The van der Waals surface area contributed by atoms with Crippen molar-refractivity contribution >= 4 is 11.1 Å². The van der Waals surface area contributed by atoms with Crippen LogP contribution < -0.4 is 5.73 Å². The summed E-state index contributed by atoms with van der Waals surface area (Å²) in [6, 6.07) is 9.31. The first kappa shape index (κ1) is 10.4. The minimum absolute atomic E-state index is 0.121. The van der Waals surface area contributed by atoms with Crippen molar-refractivity contribution in [3.8, 4) is 0 Å². The average molecular weight is 198 g/mol. The molecule has 2 unspecified atom stereocenters. The molecule has 0 saturated heterocycles. The van der Waals surface area contributed by atoms with Crippen molar-refractivity contribution < 1.29 is 8.76 Å². The van der Waals surface area contributed by atoms with E-state index in [4.69, 9.17) is 5.73 Å². The molecule has 0 saturated carbocycles. The highest BCUT2D eigenvalue weighted by molar-refractivity contribution is 7.79. The second-order valence-electron chi connectivity index (χ2n) is 2.81. The van der Waals surface area contributed by atoms with Gasteiger partial charge < -0.3 is 10.3 Å². The van der Waals surface area contributed by atoms with E-state index in [9.17, 15) is 8.76 Å². The Labute approximate surface area is 80.2 Å². The van der Waals surface area contributed by atoms with Crippen LogP contribution in [0.25, 0.3) is 0 Å². The smallest absolute Gasteiger partial charge is 0.0303 e. The predicted molar refractivity (Wildman–Crippen MR) is 51.8 cm³/mol. The third-order valence-corrected chi connectivity index (χ3v) is 2.39. The highest BCUT2D eigenvalue weighted by atomic mass is 32.2. The predicted octanol–water partition coefficient (Wildman–Crippen LogP) is 0.956. The van der Waals surface area contributed by atoms with Crippen molar-refractivity contribution in [3.63, 3.8) is 0 Å². The Morgan fingerprint density at radius 2 is 2.00 bits per heavy atom. The molecule has 0 aliphatic heterocycles. The monoisotopic (exact) mass is 198 g/mol. The van der Waals surface area contributed by atoms with Crippen LogP contribution in [0.15, 0.2) is 30.3 Å². The molecule has 13 heavy (non-hydrogen) atoms. The van der Waals surface area contributed by atoms with Gasteiger partial charge in [-0.15, -0.1) is 0 Å². The Bertz CT molecular complexity index is 276. The Kier molecular flexibility index (Phi) is 4.08. The fraction of sp³-hybridized carbons (Fsp3) is 0.333. The van der Waals surface area contributed by atoms with Gasteiger partial charge in [-0.25, -0.2) is 0 Å². The summed E-state index contributed by atoms with van der Waals surface area (Å²) < 4.78 is 20.6. The molecular formula is C9H12NO2S-. The van der Waals surface area contributed by atoms with Crippen molar-refractivity contribution in [2.75, 3.05) is 5.75 Å². The SMILES string of the molecule is NC(CCS(=O)[O-])c1ccccc1. The van der Waals surface area contributed by atoms with Gasteiger partial charge in [0.2, 0.25) is 0 Å². The van der Waals surface area contributed by atoms with Crippen LogP contribution >= 0.6 is 0 Å². The molecule has 2 atom stereocenters. The van der Waals surface area contributed by atoms with Crippen LogP contribution in [0, 0.1) is 0 Å². The number of benzene rings is 1. The van der Waals surface area contributed by atoms with Gasteiger partial charge in [0.05, 0.1) is 0 Å². The summed E-state index contributed by atoms with van der Waals surface area (Å²) in [5.74, 6) is 0.121. The normalized spacial score (nSPS) is 15.2. The average Bonchev–Trinajstić information content (AvgIpc) is 2.15. The second kappa shape index (κ2) is 5.11. The molecule has 0 spiro atoms. The van der Waals surface area contributed by atoms with Crippen LogP contribution in [0.1, 0.15) is 18.0 Å². The maximum absolute atomic E-state index is 10.3. The van der Waals surface area contributed by atoms with Crippen LogP contribution in [-0.2, 0) is 11.1 Å². The van der Waals surface area contributed by atoms with Gasteiger partial charge in [0, 0.05) is 11.8 Å². The molecule has 1 aromatic carbocycles. The second-order valence-corrected chi connectivity index (χ2v) is 3.83. The zero-order valence-electron chi connectivity index (χ0n) is 7.18. The van der Waals surface area contributed by atoms with Crippen molar-refractivity contribution in [1.82, 2.24) is 0 Å². The summed E-state index contributed by atoms with van der Waals surface area (Å²) in [5, 5.41) is 0. The van der Waals surface area contributed by atoms with Gasteiger partial charge in [-0.1, -0.05) is 41.4 Å². The highest BCUT2D eigenvalue weighted by Crippen LogP contribution is 2.12. The molecule has 0 aromatic heterocycles. The molecule has 2 N–H and O–H groups in total. The van der Waals surface area contributed by atoms with Crippen molar-refractivity contribution in [3.05, 3.63) is 35.9 Å². The molecule has 0 heterocycles. The maximum atomic E-state index is 10.3. The lowest BCUT2D eigenvalue weighted by Crippen LogP contribution is -2.13. The van der Waals surface area contributed by atoms with E-state index in [2.05, 4.69) is 0 Å². The van der Waals surface area contributed by atoms with Gasteiger partial charge in [-0.05, 0) is 12.0 Å². The maximum Gasteiger partial charge on any atom is 0.0303 e. The molecule has 72 valence electrons. The van der Waals surface area contributed by atoms with Crippen LogP contribution in [-0.4, -0.2) is 14.5 Å². The molecule has 0 fully saturated rings. The zero-order valence-corrected chi connectivity index (χ0v) is 8.00. The summed E-state index contributed by atoms with van der Waals surface area (Å²) in [5.41, 5.74) is 6.75. The van der Waals surface area contributed by atoms with E-state index >= 15 is 0 Å². The minimum Gasteiger partial charge on any atom is -0.772 e. The largest absolute Gasteiger partial charge is 0.772 e. The summed E-state index contributed by atoms with van der Waals surface area (Å²) in [4.78, 5) is 0. The van der Waals surface area contributed by atoms with E-state index in [1.165, 1.54) is 0 Å². The summed E-state index contributed by atoms with van der Waals surface area (Å²) >= 11 is -1.99. The molecule has 1 rings (SSSR count). The van der Waals surface area contributed by atoms with E-state index in [0.29, 0.717) is 6.42 Å². The van der Waals surface area contributed by atoms with E-state index in [1.54, 1.807) is 0 Å². The Balaban J connectivity index is 2.49. The Morgan fingerprint density at radius 1 is 1.38 bits per heavy atom. The molecular weight excluding hydrogens is 186 g/mol. The zero-order chi connectivity index (χ0) is 9.68. The third kappa shape index (κ3) is 3.67. The molecule has 0 aliphatic rings. The fourth-order valence-electron chi connectivity index (χ4n) is 1.09. The first-order chi connectivity index (χ1) is 6.20. The fourth-order valence-corrected chi connectivity index (χ4v) is 1.54. The van der Waals surface area contributed by atoms with Crippen LogP contribution in [0.5, 0.6) is 0 Å². The molecule has 0 bridgehead atoms. The molecule has 4 heteroatoms. The lowest BCUT2D eigenvalue weighted by molar-refractivity contribution is 0.530. The minimum atomic E-state index is -1.99. The molecule has 0 aliphatic carbocycles. The lowest BCUT2D eigenvalue weighted by atomic mass is 10.1. The standard InChI is InChI=1S/C9H13NO2S/c10-9(6-7-13(11)12)8-4-2-1-3-5-8/h1-5,9H,6-7,10H2,(H,11,12)/p-1. The Hall–Kier alpha value is -0.710. The van der Waals surface area contributed by atoms with Gasteiger partial charge in [0.25, 0.3) is 0 Å². The van der Waals surface area contributed by atoms with Crippen molar-refractivity contribution in [1.29, 1.82) is 0 Å². The Morgan fingerprint density at radius 3 is 2.54 bits per heavy atom. The van der Waals surface area contributed by atoms with Crippen molar-refractivity contribution in [2.24, 2.45) is 5.73 Å². The highest BCUT2D eigenvalue weighted by Gasteiger charge is 2.03. The van der Waals surface area contributed by atoms with Gasteiger partial charge in [0.15, 0.2) is 0 Å². The van der Waals surface area contributed by atoms with E-state index in [-0.39, 0.29) is 11.8 Å². The van der Waals surface area contributed by atoms with Crippen LogP contribution in [0.2, 0.25) is 0 Å². The van der Waals surface area contributed by atoms with Crippen LogP contribution in [0.3, 0.4) is 0 Å². The lowest BCUT2D eigenvalue weighted by Gasteiger charge is -2.12. The number of hydrogen-bond acceptors (Lipinski definition) is 3. The van der Waals surface area contributed by atoms with E-state index in [1.807, 2.05) is 30.3 Å². The van der Waals surface area contributed by atoms with Gasteiger partial charge in [0.1, 0.15) is 0 Å². The summed E-state index contributed by atoms with van der Waals surface area (Å²) in [6.07, 6.45) is 0.472. The van der Waals surface area contributed by atoms with Gasteiger partial charge >= 0.3 is 0 Å². The molecule has 0 amide bonds. The molecule has 0 radical (unpaired) electrons. The van der Waals surface area contributed by atoms with Crippen molar-refractivity contribution in [2.45, 2.75) is 12.5 Å². The quantitative estimate of drug-likeness (QED) is 0.733. The summed E-state index contributed by atoms with van der Waals surface area (Å²) in [7, 11) is 0. The first-order valence-corrected chi connectivity index (χ1v) is 5.31. The topological polar surface area (TPSA) is 66.2 Å². The first-order valence-electron chi connectivity index (χ1n) is 4.06. The molecule has 1 aromatic rings. The van der Waals surface area contributed by atoms with E-state index < -0.39 is 11.1 Å². The van der Waals surface area contributed by atoms with Gasteiger partial charge in [-0.3, -0.25) is 4.21 Å². The summed E-state index contributed by atoms with van der Waals surface area (Å²) in [6.45, 7) is 0. The number of hydrogen-bond donors (Lipinski definition) is 1. The third-order valence-electron chi connectivity index (χ3n) is 1.82. The number of nitrogens with two attached hydrogens (primary N) is 1. The molecule has 3 nitrogen and oxygen atoms in total.